The van der Waals surface area contributed by atoms with Gasteiger partial charge in [0.2, 0.25) is 0 Å². The van der Waals surface area contributed by atoms with Crippen LogP contribution in [0.25, 0.3) is 0 Å². The maximum Gasteiger partial charge on any atom is 0.255 e. The molecule has 0 bridgehead atoms. The first-order chi connectivity index (χ1) is 8.16. The van der Waals surface area contributed by atoms with Crippen molar-refractivity contribution in [3.05, 3.63) is 41.9 Å². The summed E-state index contributed by atoms with van der Waals surface area (Å²) in [5.41, 5.74) is 6.93. The van der Waals surface area contributed by atoms with Crippen LogP contribution in [0, 0.1) is 0 Å². The molecule has 0 radical (unpaired) electrons. The van der Waals surface area contributed by atoms with E-state index >= 15 is 0 Å². The Labute approximate surface area is 98.5 Å². The van der Waals surface area contributed by atoms with Crippen molar-refractivity contribution in [3.63, 3.8) is 0 Å². The van der Waals surface area contributed by atoms with Crippen LogP contribution in [-0.2, 0) is 6.54 Å². The summed E-state index contributed by atoms with van der Waals surface area (Å²) in [5.74, 6) is 0.303. The molecule has 0 unspecified atom stereocenters. The Bertz CT molecular complexity index is 491. The first-order valence-corrected chi connectivity index (χ1v) is 5.11. The van der Waals surface area contributed by atoms with Crippen molar-refractivity contribution in [2.24, 2.45) is 0 Å². The SMILES string of the molecule is CN(Cc1cn[nH]c1)C(=O)c1ccc(N)nc1. The lowest BCUT2D eigenvalue weighted by atomic mass is 10.2. The third-order valence-electron chi connectivity index (χ3n) is 2.35. The number of aromatic amines is 1. The van der Waals surface area contributed by atoms with Crippen molar-refractivity contribution >= 4 is 11.7 Å². The van der Waals surface area contributed by atoms with Gasteiger partial charge in [0.15, 0.2) is 0 Å². The molecule has 0 aliphatic heterocycles. The molecule has 0 fully saturated rings. The van der Waals surface area contributed by atoms with Gasteiger partial charge in [0.05, 0.1) is 11.8 Å². The van der Waals surface area contributed by atoms with Gasteiger partial charge < -0.3 is 10.6 Å². The van der Waals surface area contributed by atoms with Crippen LogP contribution in [0.15, 0.2) is 30.7 Å². The summed E-state index contributed by atoms with van der Waals surface area (Å²) in [6.45, 7) is 0.500. The number of nitrogens with one attached hydrogen (secondary N) is 1. The standard InChI is InChI=1S/C11H13N5O/c1-16(7-8-4-14-15-5-8)11(17)9-2-3-10(12)13-6-9/h2-6H,7H2,1H3,(H2,12,13)(H,14,15). The number of nitrogens with two attached hydrogens (primary N) is 1. The predicted molar refractivity (Wildman–Crippen MR) is 63.0 cm³/mol. The molecule has 17 heavy (non-hydrogen) atoms. The quantitative estimate of drug-likeness (QED) is 0.812. The molecule has 88 valence electrons. The van der Waals surface area contributed by atoms with Crippen LogP contribution in [0.2, 0.25) is 0 Å². The highest BCUT2D eigenvalue weighted by molar-refractivity contribution is 5.93. The third-order valence-corrected chi connectivity index (χ3v) is 2.35. The van der Waals surface area contributed by atoms with Gasteiger partial charge in [-0.2, -0.15) is 5.10 Å². The number of H-pyrrole nitrogens is 1. The van der Waals surface area contributed by atoms with Crippen LogP contribution in [0.1, 0.15) is 15.9 Å². The normalized spacial score (nSPS) is 10.2. The first-order valence-electron chi connectivity index (χ1n) is 5.11. The van der Waals surface area contributed by atoms with Crippen LogP contribution in [0.5, 0.6) is 0 Å². The molecule has 6 nitrogen and oxygen atoms in total. The summed E-state index contributed by atoms with van der Waals surface area (Å²) in [7, 11) is 1.73. The van der Waals surface area contributed by atoms with Crippen LogP contribution >= 0.6 is 0 Å². The molecule has 0 saturated heterocycles. The van der Waals surface area contributed by atoms with E-state index in [-0.39, 0.29) is 5.91 Å². The van der Waals surface area contributed by atoms with Crippen LogP contribution in [0.4, 0.5) is 5.82 Å². The van der Waals surface area contributed by atoms with Gasteiger partial charge >= 0.3 is 0 Å². The topological polar surface area (TPSA) is 87.9 Å². The fraction of sp³-hybridized carbons (Fsp3) is 0.182. The molecule has 3 N–H and O–H groups in total. The van der Waals surface area contributed by atoms with Gasteiger partial charge in [0.1, 0.15) is 5.82 Å². The van der Waals surface area contributed by atoms with Crippen LogP contribution < -0.4 is 5.73 Å². The average Bonchev–Trinajstić information content (AvgIpc) is 2.82. The first kappa shape index (κ1) is 11.1. The molecule has 1 amide bonds. The smallest absolute Gasteiger partial charge is 0.255 e. The molecule has 2 rings (SSSR count). The highest BCUT2D eigenvalue weighted by atomic mass is 16.2. The van der Waals surface area contributed by atoms with Crippen molar-refractivity contribution in [1.82, 2.24) is 20.1 Å². The highest BCUT2D eigenvalue weighted by Gasteiger charge is 2.12. The summed E-state index contributed by atoms with van der Waals surface area (Å²) < 4.78 is 0. The number of hydrogen-bond acceptors (Lipinski definition) is 4. The number of pyridine rings is 1. The third kappa shape index (κ3) is 2.60. The molecule has 0 atom stereocenters. The van der Waals surface area contributed by atoms with Gasteiger partial charge in [-0.1, -0.05) is 0 Å². The van der Waals surface area contributed by atoms with Gasteiger partial charge in [0, 0.05) is 31.5 Å². The zero-order chi connectivity index (χ0) is 12.3. The predicted octanol–water partition coefficient (Wildman–Crippen LogP) is 0.659. The Hall–Kier alpha value is -2.37. The monoisotopic (exact) mass is 231 g/mol. The zero-order valence-electron chi connectivity index (χ0n) is 9.42. The number of carbonyl (C=O) groups excluding carboxylic acids is 1. The number of aromatic nitrogens is 3. The van der Waals surface area contributed by atoms with E-state index in [1.807, 2.05) is 0 Å². The lowest BCUT2D eigenvalue weighted by molar-refractivity contribution is 0.0785. The summed E-state index contributed by atoms with van der Waals surface area (Å²) in [6.07, 6.45) is 4.92. The minimum absolute atomic E-state index is 0.0984. The number of hydrogen-bond donors (Lipinski definition) is 2. The fourth-order valence-electron chi connectivity index (χ4n) is 1.46. The summed E-state index contributed by atoms with van der Waals surface area (Å²) >= 11 is 0. The van der Waals surface area contributed by atoms with Crippen molar-refractivity contribution < 1.29 is 4.79 Å². The Kier molecular flexibility index (Phi) is 3.04. The Morgan fingerprint density at radius 1 is 1.47 bits per heavy atom. The summed E-state index contributed by atoms with van der Waals surface area (Å²) in [4.78, 5) is 17.5. The second-order valence-electron chi connectivity index (χ2n) is 3.74. The maximum atomic E-state index is 12.0. The van der Waals surface area contributed by atoms with E-state index < -0.39 is 0 Å². The van der Waals surface area contributed by atoms with E-state index in [1.165, 1.54) is 6.20 Å². The average molecular weight is 231 g/mol. The van der Waals surface area contributed by atoms with Crippen molar-refractivity contribution in [3.8, 4) is 0 Å². The molecule has 0 aromatic carbocycles. The molecule has 0 spiro atoms. The maximum absolute atomic E-state index is 12.0. The van der Waals surface area contributed by atoms with E-state index in [0.717, 1.165) is 5.56 Å². The molecule has 0 aliphatic carbocycles. The number of carbonyl (C=O) groups is 1. The molecule has 6 heteroatoms. The van der Waals surface area contributed by atoms with Gasteiger partial charge in [-0.25, -0.2) is 4.98 Å². The lowest BCUT2D eigenvalue weighted by Gasteiger charge is -2.15. The molecular weight excluding hydrogens is 218 g/mol. The van der Waals surface area contributed by atoms with E-state index in [4.69, 9.17) is 5.73 Å². The largest absolute Gasteiger partial charge is 0.384 e. The molecule has 2 aromatic rings. The lowest BCUT2D eigenvalue weighted by Crippen LogP contribution is -2.26. The van der Waals surface area contributed by atoms with Gasteiger partial charge in [-0.15, -0.1) is 0 Å². The van der Waals surface area contributed by atoms with Gasteiger partial charge in [-0.3, -0.25) is 9.89 Å². The summed E-state index contributed by atoms with van der Waals surface area (Å²) in [6, 6.07) is 3.27. The molecule has 2 aromatic heterocycles. The Morgan fingerprint density at radius 2 is 2.29 bits per heavy atom. The highest BCUT2D eigenvalue weighted by Crippen LogP contribution is 2.07. The van der Waals surface area contributed by atoms with Crippen molar-refractivity contribution in [2.45, 2.75) is 6.54 Å². The van der Waals surface area contributed by atoms with E-state index in [0.29, 0.717) is 17.9 Å². The Morgan fingerprint density at radius 3 is 2.88 bits per heavy atom. The van der Waals surface area contributed by atoms with Gasteiger partial charge in [0.25, 0.3) is 5.91 Å². The van der Waals surface area contributed by atoms with Gasteiger partial charge in [-0.05, 0) is 12.1 Å². The molecule has 0 saturated carbocycles. The number of anilines is 1. The molecular formula is C11H13N5O. The van der Waals surface area contributed by atoms with Crippen molar-refractivity contribution in [1.29, 1.82) is 0 Å². The van der Waals surface area contributed by atoms with E-state index in [9.17, 15) is 4.79 Å². The molecule has 0 aliphatic rings. The second-order valence-corrected chi connectivity index (χ2v) is 3.74. The summed E-state index contributed by atoms with van der Waals surface area (Å²) in [5, 5.41) is 6.53. The van der Waals surface area contributed by atoms with E-state index in [1.54, 1.807) is 36.5 Å². The van der Waals surface area contributed by atoms with Crippen molar-refractivity contribution in [2.75, 3.05) is 12.8 Å². The molecule has 2 heterocycles. The fourth-order valence-corrected chi connectivity index (χ4v) is 1.46. The minimum atomic E-state index is -0.0984. The number of nitrogens with zero attached hydrogens (tertiary/aromatic N) is 3. The Balaban J connectivity index is 2.07. The minimum Gasteiger partial charge on any atom is -0.384 e. The second kappa shape index (κ2) is 4.65. The van der Waals surface area contributed by atoms with E-state index in [2.05, 4.69) is 15.2 Å². The zero-order valence-corrected chi connectivity index (χ0v) is 9.42. The number of nitrogen functional groups attached to an aromatic ring is 1. The van der Waals surface area contributed by atoms with Crippen LogP contribution in [-0.4, -0.2) is 33.0 Å². The number of amides is 1. The number of rotatable bonds is 3. The van der Waals surface area contributed by atoms with Crippen LogP contribution in [0.3, 0.4) is 0 Å².